The van der Waals surface area contributed by atoms with Crippen LogP contribution in [0, 0.1) is 11.7 Å². The summed E-state index contributed by atoms with van der Waals surface area (Å²) in [6.45, 7) is 6.18. The SMILES string of the molecule is CC(C)CNCc1c2c(nc3c(F)cccc13)CCC2. The zero-order chi connectivity index (χ0) is 14.1. The van der Waals surface area contributed by atoms with Crippen molar-refractivity contribution in [3.05, 3.63) is 40.8 Å². The maximum Gasteiger partial charge on any atom is 0.149 e. The van der Waals surface area contributed by atoms with Gasteiger partial charge < -0.3 is 5.32 Å². The second-order valence-corrected chi connectivity index (χ2v) is 6.03. The van der Waals surface area contributed by atoms with Crippen LogP contribution >= 0.6 is 0 Å². The Labute approximate surface area is 119 Å². The van der Waals surface area contributed by atoms with Crippen molar-refractivity contribution < 1.29 is 4.39 Å². The summed E-state index contributed by atoms with van der Waals surface area (Å²) in [6, 6.07) is 5.28. The largest absolute Gasteiger partial charge is 0.312 e. The van der Waals surface area contributed by atoms with Crippen LogP contribution in [0.4, 0.5) is 4.39 Å². The molecule has 0 spiro atoms. The lowest BCUT2D eigenvalue weighted by Gasteiger charge is -2.14. The van der Waals surface area contributed by atoms with E-state index in [1.165, 1.54) is 17.2 Å². The molecule has 2 aromatic rings. The smallest absolute Gasteiger partial charge is 0.149 e. The van der Waals surface area contributed by atoms with E-state index < -0.39 is 0 Å². The van der Waals surface area contributed by atoms with Crippen LogP contribution in [0.5, 0.6) is 0 Å². The van der Waals surface area contributed by atoms with Gasteiger partial charge in [-0.1, -0.05) is 26.0 Å². The Morgan fingerprint density at radius 2 is 2.15 bits per heavy atom. The molecule has 1 heterocycles. The number of hydrogen-bond donors (Lipinski definition) is 1. The molecule has 0 saturated carbocycles. The molecule has 0 atom stereocenters. The third-order valence-electron chi connectivity index (χ3n) is 3.97. The fraction of sp³-hybridized carbons (Fsp3) is 0.471. The maximum atomic E-state index is 14.0. The van der Waals surface area contributed by atoms with Crippen LogP contribution in [-0.4, -0.2) is 11.5 Å². The van der Waals surface area contributed by atoms with Crippen molar-refractivity contribution in [2.75, 3.05) is 6.54 Å². The van der Waals surface area contributed by atoms with Gasteiger partial charge in [0.25, 0.3) is 0 Å². The van der Waals surface area contributed by atoms with Crippen molar-refractivity contribution in [3.8, 4) is 0 Å². The van der Waals surface area contributed by atoms with Gasteiger partial charge in [-0.15, -0.1) is 0 Å². The quantitative estimate of drug-likeness (QED) is 0.919. The van der Waals surface area contributed by atoms with Gasteiger partial charge in [-0.25, -0.2) is 9.37 Å². The molecular weight excluding hydrogens is 251 g/mol. The zero-order valence-electron chi connectivity index (χ0n) is 12.2. The maximum absolute atomic E-state index is 14.0. The molecule has 0 amide bonds. The van der Waals surface area contributed by atoms with E-state index in [-0.39, 0.29) is 5.82 Å². The lowest BCUT2D eigenvalue weighted by atomic mass is 10.0. The Hall–Kier alpha value is -1.48. The summed E-state index contributed by atoms with van der Waals surface area (Å²) in [5, 5.41) is 4.47. The van der Waals surface area contributed by atoms with E-state index in [1.54, 1.807) is 6.07 Å². The lowest BCUT2D eigenvalue weighted by Crippen LogP contribution is -2.20. The molecule has 3 heteroatoms. The van der Waals surface area contributed by atoms with E-state index in [0.29, 0.717) is 11.4 Å². The van der Waals surface area contributed by atoms with Crippen molar-refractivity contribution in [2.24, 2.45) is 5.92 Å². The second kappa shape index (κ2) is 5.49. The first kappa shape index (κ1) is 13.5. The van der Waals surface area contributed by atoms with Gasteiger partial charge in [-0.2, -0.15) is 0 Å². The first-order valence-corrected chi connectivity index (χ1v) is 7.46. The molecule has 0 radical (unpaired) electrons. The molecule has 1 N–H and O–H groups in total. The number of hydrogen-bond acceptors (Lipinski definition) is 2. The van der Waals surface area contributed by atoms with Gasteiger partial charge in [0.1, 0.15) is 11.3 Å². The molecule has 1 aromatic carbocycles. The topological polar surface area (TPSA) is 24.9 Å². The van der Waals surface area contributed by atoms with E-state index in [1.807, 2.05) is 6.07 Å². The molecule has 2 nitrogen and oxygen atoms in total. The number of aromatic nitrogens is 1. The van der Waals surface area contributed by atoms with Crippen LogP contribution in [0.25, 0.3) is 10.9 Å². The highest BCUT2D eigenvalue weighted by Gasteiger charge is 2.20. The molecule has 1 aliphatic carbocycles. The number of rotatable bonds is 4. The molecule has 0 aliphatic heterocycles. The van der Waals surface area contributed by atoms with Crippen LogP contribution in [-0.2, 0) is 19.4 Å². The summed E-state index contributed by atoms with van der Waals surface area (Å²) in [7, 11) is 0. The minimum absolute atomic E-state index is 0.206. The Balaban J connectivity index is 2.05. The summed E-state index contributed by atoms with van der Waals surface area (Å²) >= 11 is 0. The number of halogens is 1. The van der Waals surface area contributed by atoms with Crippen LogP contribution in [0.15, 0.2) is 18.2 Å². The Kier molecular flexibility index (Phi) is 3.70. The molecule has 1 aliphatic rings. The fourth-order valence-corrected chi connectivity index (χ4v) is 3.03. The van der Waals surface area contributed by atoms with Gasteiger partial charge >= 0.3 is 0 Å². The van der Waals surface area contributed by atoms with E-state index >= 15 is 0 Å². The van der Waals surface area contributed by atoms with Gasteiger partial charge in [0, 0.05) is 17.6 Å². The molecule has 0 saturated heterocycles. The third kappa shape index (κ3) is 2.42. The van der Waals surface area contributed by atoms with Crippen molar-refractivity contribution in [1.29, 1.82) is 0 Å². The van der Waals surface area contributed by atoms with Crippen molar-refractivity contribution in [3.63, 3.8) is 0 Å². The fourth-order valence-electron chi connectivity index (χ4n) is 3.03. The number of benzene rings is 1. The molecule has 106 valence electrons. The second-order valence-electron chi connectivity index (χ2n) is 6.03. The van der Waals surface area contributed by atoms with E-state index in [9.17, 15) is 4.39 Å². The number of aryl methyl sites for hydroxylation is 1. The van der Waals surface area contributed by atoms with E-state index in [4.69, 9.17) is 0 Å². The Morgan fingerprint density at radius 1 is 1.30 bits per heavy atom. The van der Waals surface area contributed by atoms with Gasteiger partial charge in [-0.3, -0.25) is 0 Å². The summed E-state index contributed by atoms with van der Waals surface area (Å²) in [4.78, 5) is 4.56. The third-order valence-corrected chi connectivity index (χ3v) is 3.97. The van der Waals surface area contributed by atoms with Gasteiger partial charge in [-0.05, 0) is 48.9 Å². The summed E-state index contributed by atoms with van der Waals surface area (Å²) in [6.07, 6.45) is 3.20. The predicted molar refractivity (Wildman–Crippen MR) is 80.3 cm³/mol. The Morgan fingerprint density at radius 3 is 2.95 bits per heavy atom. The summed E-state index contributed by atoms with van der Waals surface area (Å²) in [5.41, 5.74) is 4.24. The highest BCUT2D eigenvalue weighted by atomic mass is 19.1. The molecule has 3 rings (SSSR count). The summed E-state index contributed by atoms with van der Waals surface area (Å²) in [5.74, 6) is 0.412. The average molecular weight is 272 g/mol. The van der Waals surface area contributed by atoms with Crippen molar-refractivity contribution in [1.82, 2.24) is 10.3 Å². The molecule has 0 unspecified atom stereocenters. The van der Waals surface area contributed by atoms with E-state index in [2.05, 4.69) is 24.1 Å². The van der Waals surface area contributed by atoms with Crippen LogP contribution in [0.1, 0.15) is 37.1 Å². The van der Waals surface area contributed by atoms with Crippen molar-refractivity contribution in [2.45, 2.75) is 39.7 Å². The first-order valence-electron chi connectivity index (χ1n) is 7.46. The minimum atomic E-state index is -0.206. The lowest BCUT2D eigenvalue weighted by molar-refractivity contribution is 0.552. The monoisotopic (exact) mass is 272 g/mol. The van der Waals surface area contributed by atoms with E-state index in [0.717, 1.165) is 43.4 Å². The van der Waals surface area contributed by atoms with Crippen LogP contribution in [0.2, 0.25) is 0 Å². The molecule has 0 fully saturated rings. The zero-order valence-corrected chi connectivity index (χ0v) is 12.2. The first-order chi connectivity index (χ1) is 9.66. The highest BCUT2D eigenvalue weighted by Crippen LogP contribution is 2.30. The van der Waals surface area contributed by atoms with Gasteiger partial charge in [0.15, 0.2) is 0 Å². The normalized spacial score (nSPS) is 14.2. The number of pyridine rings is 1. The Bertz CT molecular complexity index is 634. The molecule has 1 aromatic heterocycles. The minimum Gasteiger partial charge on any atom is -0.312 e. The van der Waals surface area contributed by atoms with Crippen LogP contribution < -0.4 is 5.32 Å². The van der Waals surface area contributed by atoms with Crippen molar-refractivity contribution >= 4 is 10.9 Å². The van der Waals surface area contributed by atoms with Gasteiger partial charge in [0.2, 0.25) is 0 Å². The number of nitrogens with one attached hydrogen (secondary N) is 1. The van der Waals surface area contributed by atoms with Gasteiger partial charge in [0.05, 0.1) is 0 Å². The summed E-state index contributed by atoms with van der Waals surface area (Å²) < 4.78 is 14.0. The average Bonchev–Trinajstić information content (AvgIpc) is 2.87. The number of para-hydroxylation sites is 1. The standard InChI is InChI=1S/C17H21FN2/c1-11(2)9-19-10-14-12-5-4-8-16(12)20-17-13(14)6-3-7-15(17)18/h3,6-7,11,19H,4-5,8-10H2,1-2H3. The van der Waals surface area contributed by atoms with Crippen LogP contribution in [0.3, 0.4) is 0 Å². The molecular formula is C17H21FN2. The number of nitrogens with zero attached hydrogens (tertiary/aromatic N) is 1. The molecule has 0 bridgehead atoms. The highest BCUT2D eigenvalue weighted by molar-refractivity contribution is 5.84. The molecule has 20 heavy (non-hydrogen) atoms. The predicted octanol–water partition coefficient (Wildman–Crippen LogP) is 3.61. The number of fused-ring (bicyclic) bond motifs is 2.